The highest BCUT2D eigenvalue weighted by molar-refractivity contribution is 6.30. The van der Waals surface area contributed by atoms with Crippen molar-refractivity contribution in [2.75, 3.05) is 5.32 Å². The molecular weight excluding hydrogens is 284 g/mol. The minimum Gasteiger partial charge on any atom is -0.476 e. The molecule has 2 aromatic heterocycles. The van der Waals surface area contributed by atoms with Crippen molar-refractivity contribution in [3.05, 3.63) is 41.3 Å². The summed E-state index contributed by atoms with van der Waals surface area (Å²) in [4.78, 5) is 26.3. The lowest BCUT2D eigenvalue weighted by Gasteiger charge is -2.04. The lowest BCUT2D eigenvalue weighted by atomic mass is 10.4. The molecular formula is C12H11ClN4O3. The number of carboxylic acid groups (broad SMARTS) is 1. The van der Waals surface area contributed by atoms with E-state index in [1.165, 1.54) is 23.1 Å². The number of aromatic carboxylic acids is 1. The zero-order valence-electron chi connectivity index (χ0n) is 10.3. The first-order valence-electron chi connectivity index (χ1n) is 5.73. The molecule has 0 saturated carbocycles. The Morgan fingerprint density at radius 1 is 1.35 bits per heavy atom. The van der Waals surface area contributed by atoms with Crippen LogP contribution in [0.15, 0.2) is 30.6 Å². The van der Waals surface area contributed by atoms with Crippen molar-refractivity contribution < 1.29 is 14.7 Å². The summed E-state index contributed by atoms with van der Waals surface area (Å²) in [7, 11) is 0. The maximum absolute atomic E-state index is 11.7. The molecule has 7 nitrogen and oxygen atoms in total. The second-order valence-electron chi connectivity index (χ2n) is 3.93. The number of hydrogen-bond acceptors (Lipinski definition) is 4. The van der Waals surface area contributed by atoms with E-state index in [-0.39, 0.29) is 24.6 Å². The van der Waals surface area contributed by atoms with Crippen LogP contribution >= 0.6 is 11.6 Å². The molecule has 2 aromatic rings. The fraction of sp³-hybridized carbons (Fsp3) is 0.167. The van der Waals surface area contributed by atoms with Crippen LogP contribution in [-0.4, -0.2) is 31.7 Å². The van der Waals surface area contributed by atoms with E-state index in [1.54, 1.807) is 12.1 Å². The highest BCUT2D eigenvalue weighted by atomic mass is 35.5. The van der Waals surface area contributed by atoms with Crippen molar-refractivity contribution in [3.63, 3.8) is 0 Å². The number of anilines is 1. The van der Waals surface area contributed by atoms with Gasteiger partial charge >= 0.3 is 5.97 Å². The minimum atomic E-state index is -1.10. The molecule has 0 fully saturated rings. The van der Waals surface area contributed by atoms with Gasteiger partial charge in [-0.3, -0.25) is 9.48 Å². The Hall–Kier alpha value is -2.41. The fourth-order valence-corrected chi connectivity index (χ4v) is 1.58. The van der Waals surface area contributed by atoms with E-state index in [4.69, 9.17) is 16.7 Å². The number of carbonyl (C=O) groups is 2. The second-order valence-corrected chi connectivity index (χ2v) is 4.37. The molecule has 0 spiro atoms. The van der Waals surface area contributed by atoms with Crippen LogP contribution in [0.1, 0.15) is 16.9 Å². The Balaban J connectivity index is 1.85. The third-order valence-corrected chi connectivity index (χ3v) is 2.65. The van der Waals surface area contributed by atoms with E-state index in [1.807, 2.05) is 0 Å². The molecule has 0 bridgehead atoms. The van der Waals surface area contributed by atoms with Gasteiger partial charge < -0.3 is 10.4 Å². The van der Waals surface area contributed by atoms with Crippen LogP contribution in [0.4, 0.5) is 5.82 Å². The minimum absolute atomic E-state index is 0.0511. The molecule has 0 radical (unpaired) electrons. The van der Waals surface area contributed by atoms with Gasteiger partial charge in [0.05, 0.1) is 5.02 Å². The number of nitrogens with zero attached hydrogens (tertiary/aromatic N) is 3. The average Bonchev–Trinajstić information content (AvgIpc) is 2.88. The van der Waals surface area contributed by atoms with Crippen molar-refractivity contribution in [2.24, 2.45) is 0 Å². The number of halogens is 1. The summed E-state index contributed by atoms with van der Waals surface area (Å²) in [6.45, 7) is 0.284. The number of nitrogens with one attached hydrogen (secondary N) is 1. The summed E-state index contributed by atoms with van der Waals surface area (Å²) in [5.41, 5.74) is -0.0511. The van der Waals surface area contributed by atoms with Crippen molar-refractivity contribution in [2.45, 2.75) is 13.0 Å². The molecule has 0 saturated heterocycles. The number of carboxylic acids is 1. The second kappa shape index (κ2) is 6.16. The average molecular weight is 295 g/mol. The Morgan fingerprint density at radius 2 is 2.15 bits per heavy atom. The first kappa shape index (κ1) is 14.0. The van der Waals surface area contributed by atoms with Gasteiger partial charge in [-0.1, -0.05) is 11.6 Å². The van der Waals surface area contributed by atoms with E-state index in [2.05, 4.69) is 15.4 Å². The van der Waals surface area contributed by atoms with Crippen LogP contribution in [0, 0.1) is 0 Å². The first-order valence-corrected chi connectivity index (χ1v) is 6.10. The monoisotopic (exact) mass is 294 g/mol. The Labute approximate surface area is 119 Å². The predicted molar refractivity (Wildman–Crippen MR) is 71.7 cm³/mol. The van der Waals surface area contributed by atoms with E-state index in [0.29, 0.717) is 10.8 Å². The number of hydrogen-bond donors (Lipinski definition) is 2. The standard InChI is InChI=1S/C12H11ClN4O3/c13-8-1-2-10(14-7-8)15-11(18)4-6-17-5-3-9(16-17)12(19)20/h1-3,5,7H,4,6H2,(H,19,20)(H,14,15,18). The summed E-state index contributed by atoms with van der Waals surface area (Å²) in [6, 6.07) is 4.59. The summed E-state index contributed by atoms with van der Waals surface area (Å²) in [5, 5.41) is 15.6. The van der Waals surface area contributed by atoms with Gasteiger partial charge in [-0.05, 0) is 18.2 Å². The number of rotatable bonds is 5. The molecule has 2 rings (SSSR count). The van der Waals surface area contributed by atoms with Gasteiger partial charge in [0.25, 0.3) is 0 Å². The van der Waals surface area contributed by atoms with Crippen molar-refractivity contribution in [1.29, 1.82) is 0 Å². The van der Waals surface area contributed by atoms with Crippen molar-refractivity contribution in [3.8, 4) is 0 Å². The van der Waals surface area contributed by atoms with Gasteiger partial charge in [0.2, 0.25) is 5.91 Å². The molecule has 0 atom stereocenters. The third-order valence-electron chi connectivity index (χ3n) is 2.42. The highest BCUT2D eigenvalue weighted by Gasteiger charge is 2.08. The smallest absolute Gasteiger partial charge is 0.356 e. The van der Waals surface area contributed by atoms with Gasteiger partial charge in [-0.2, -0.15) is 5.10 Å². The van der Waals surface area contributed by atoms with Gasteiger partial charge in [-0.25, -0.2) is 9.78 Å². The van der Waals surface area contributed by atoms with E-state index >= 15 is 0 Å². The predicted octanol–water partition coefficient (Wildman–Crippen LogP) is 1.66. The molecule has 0 aromatic carbocycles. The topological polar surface area (TPSA) is 97.1 Å². The maximum Gasteiger partial charge on any atom is 0.356 e. The number of carbonyl (C=O) groups excluding carboxylic acids is 1. The number of amides is 1. The molecule has 2 heterocycles. The zero-order valence-corrected chi connectivity index (χ0v) is 11.0. The molecule has 0 aliphatic carbocycles. The molecule has 20 heavy (non-hydrogen) atoms. The third kappa shape index (κ3) is 3.79. The molecule has 0 unspecified atom stereocenters. The van der Waals surface area contributed by atoms with Gasteiger partial charge in [-0.15, -0.1) is 0 Å². The molecule has 8 heteroatoms. The molecule has 0 aliphatic rings. The summed E-state index contributed by atoms with van der Waals surface area (Å²) in [6.07, 6.45) is 3.10. The van der Waals surface area contributed by atoms with Crippen molar-refractivity contribution in [1.82, 2.24) is 14.8 Å². The molecule has 0 aliphatic heterocycles. The van der Waals surface area contributed by atoms with Crippen LogP contribution in [-0.2, 0) is 11.3 Å². The van der Waals surface area contributed by atoms with Crippen LogP contribution in [0.2, 0.25) is 5.02 Å². The SMILES string of the molecule is O=C(CCn1ccc(C(=O)O)n1)Nc1ccc(Cl)cn1. The normalized spacial score (nSPS) is 10.2. The van der Waals surface area contributed by atoms with E-state index in [9.17, 15) is 9.59 Å². The van der Waals surface area contributed by atoms with Gasteiger partial charge in [0, 0.05) is 25.4 Å². The van der Waals surface area contributed by atoms with Gasteiger partial charge in [0.15, 0.2) is 5.69 Å². The summed E-state index contributed by atoms with van der Waals surface area (Å²) >= 11 is 5.68. The molecule has 104 valence electrons. The first-order chi connectivity index (χ1) is 9.54. The highest BCUT2D eigenvalue weighted by Crippen LogP contribution is 2.09. The van der Waals surface area contributed by atoms with E-state index < -0.39 is 5.97 Å². The van der Waals surface area contributed by atoms with Crippen LogP contribution in [0.3, 0.4) is 0 Å². The Morgan fingerprint density at radius 3 is 2.75 bits per heavy atom. The van der Waals surface area contributed by atoms with Crippen LogP contribution in [0.25, 0.3) is 0 Å². The quantitative estimate of drug-likeness (QED) is 0.874. The molecule has 1 amide bonds. The summed E-state index contributed by atoms with van der Waals surface area (Å²) < 4.78 is 1.40. The lowest BCUT2D eigenvalue weighted by Crippen LogP contribution is -2.15. The fourth-order valence-electron chi connectivity index (χ4n) is 1.47. The van der Waals surface area contributed by atoms with Gasteiger partial charge in [0.1, 0.15) is 5.82 Å². The number of pyridine rings is 1. The zero-order chi connectivity index (χ0) is 14.5. The Kier molecular flexibility index (Phi) is 4.31. The number of aromatic nitrogens is 3. The van der Waals surface area contributed by atoms with Crippen LogP contribution in [0.5, 0.6) is 0 Å². The maximum atomic E-state index is 11.7. The van der Waals surface area contributed by atoms with Crippen molar-refractivity contribution >= 4 is 29.3 Å². The number of aryl methyl sites for hydroxylation is 1. The summed E-state index contributed by atoms with van der Waals surface area (Å²) in [5.74, 6) is -0.933. The largest absolute Gasteiger partial charge is 0.476 e. The Bertz CT molecular complexity index is 624. The van der Waals surface area contributed by atoms with E-state index in [0.717, 1.165) is 0 Å². The lowest BCUT2D eigenvalue weighted by molar-refractivity contribution is -0.116. The molecule has 2 N–H and O–H groups in total. The van der Waals surface area contributed by atoms with Crippen LogP contribution < -0.4 is 5.32 Å².